The minimum absolute atomic E-state index is 0.0792. The quantitative estimate of drug-likeness (QED) is 0.390. The molecule has 0 saturated carbocycles. The van der Waals surface area contributed by atoms with Crippen molar-refractivity contribution in [2.24, 2.45) is 0 Å². The lowest BCUT2D eigenvalue weighted by Gasteiger charge is -2.37. The number of hydrogen-bond acceptors (Lipinski definition) is 8. The van der Waals surface area contributed by atoms with Crippen molar-refractivity contribution in [1.82, 2.24) is 20.1 Å². The number of rotatable bonds is 9. The van der Waals surface area contributed by atoms with E-state index in [2.05, 4.69) is 10.1 Å². The molecule has 194 valence electrons. The highest BCUT2D eigenvalue weighted by Gasteiger charge is 2.38. The fraction of sp³-hybridized carbons (Fsp3) is 0.550. The molecule has 15 heteroatoms. The number of aromatic amines is 1. The number of hydrogen-bond donors (Lipinski definition) is 2. The number of aromatic nitrogens is 3. The van der Waals surface area contributed by atoms with Gasteiger partial charge in [0.25, 0.3) is 5.56 Å². The molecule has 1 aliphatic rings. The Kier molecular flexibility index (Phi) is 8.56. The molecule has 0 spiro atoms. The molecular weight excluding hydrogens is 488 g/mol. The van der Waals surface area contributed by atoms with Crippen molar-refractivity contribution in [2.75, 3.05) is 50.9 Å². The summed E-state index contributed by atoms with van der Waals surface area (Å²) in [4.78, 5) is 18.8. The van der Waals surface area contributed by atoms with Crippen LogP contribution in [-0.4, -0.2) is 77.4 Å². The Hall–Kier alpha value is -2.91. The van der Waals surface area contributed by atoms with Crippen LogP contribution in [0.1, 0.15) is 17.5 Å². The Bertz CT molecular complexity index is 1010. The Morgan fingerprint density at radius 2 is 1.71 bits per heavy atom. The maximum Gasteiger partial charge on any atom is 0.425 e. The zero-order valence-electron chi connectivity index (χ0n) is 18.3. The van der Waals surface area contributed by atoms with Crippen LogP contribution in [-0.2, 0) is 17.1 Å². The van der Waals surface area contributed by atoms with E-state index in [4.69, 9.17) is 9.47 Å². The SMILES string of the molecule is O=c1[nH]ncc(OCCOCCC(O)N2CCN(c3ccc(C(F)(F)F)cn3)CC2)c1C(F)(F)F. The van der Waals surface area contributed by atoms with E-state index in [1.165, 1.54) is 6.07 Å². The average Bonchev–Trinajstić information content (AvgIpc) is 2.80. The number of H-pyrrole nitrogens is 1. The highest BCUT2D eigenvalue weighted by atomic mass is 19.4. The first-order chi connectivity index (χ1) is 16.5. The Morgan fingerprint density at radius 3 is 2.31 bits per heavy atom. The average molecular weight is 511 g/mol. The summed E-state index contributed by atoms with van der Waals surface area (Å²) in [6.45, 7) is 1.57. The number of halogens is 6. The van der Waals surface area contributed by atoms with Crippen LogP contribution in [0.4, 0.5) is 32.2 Å². The van der Waals surface area contributed by atoms with E-state index in [0.29, 0.717) is 32.0 Å². The van der Waals surface area contributed by atoms with Gasteiger partial charge in [-0.2, -0.15) is 31.4 Å². The molecule has 9 nitrogen and oxygen atoms in total. The maximum absolute atomic E-state index is 12.9. The number of piperazine rings is 1. The molecule has 3 heterocycles. The van der Waals surface area contributed by atoms with Gasteiger partial charge >= 0.3 is 12.4 Å². The number of alkyl halides is 6. The normalized spacial score (nSPS) is 16.4. The predicted octanol–water partition coefficient (Wildman–Crippen LogP) is 2.13. The van der Waals surface area contributed by atoms with Crippen LogP contribution in [0.25, 0.3) is 0 Å². The smallest absolute Gasteiger partial charge is 0.425 e. The minimum Gasteiger partial charge on any atom is -0.489 e. The molecule has 1 aliphatic heterocycles. The lowest BCUT2D eigenvalue weighted by atomic mass is 10.2. The number of nitrogens with zero attached hydrogens (tertiary/aromatic N) is 4. The van der Waals surface area contributed by atoms with Crippen molar-refractivity contribution in [3.8, 4) is 5.75 Å². The van der Waals surface area contributed by atoms with E-state index in [0.717, 1.165) is 18.5 Å². The summed E-state index contributed by atoms with van der Waals surface area (Å²) < 4.78 is 87.1. The van der Waals surface area contributed by atoms with Gasteiger partial charge in [0.2, 0.25) is 0 Å². The molecule has 0 aromatic carbocycles. The minimum atomic E-state index is -4.90. The van der Waals surface area contributed by atoms with Crippen LogP contribution in [0.2, 0.25) is 0 Å². The molecule has 2 aromatic heterocycles. The summed E-state index contributed by atoms with van der Waals surface area (Å²) in [5.74, 6) is -0.287. The van der Waals surface area contributed by atoms with Crippen LogP contribution < -0.4 is 15.2 Å². The fourth-order valence-electron chi connectivity index (χ4n) is 3.43. The summed E-state index contributed by atoms with van der Waals surface area (Å²) in [7, 11) is 0. The van der Waals surface area contributed by atoms with Crippen molar-refractivity contribution < 1.29 is 40.9 Å². The topological polar surface area (TPSA) is 104 Å². The summed E-state index contributed by atoms with van der Waals surface area (Å²) in [5.41, 5.74) is -3.71. The van der Waals surface area contributed by atoms with Crippen molar-refractivity contribution in [1.29, 1.82) is 0 Å². The van der Waals surface area contributed by atoms with Crippen LogP contribution in [0.5, 0.6) is 5.75 Å². The molecule has 1 fully saturated rings. The molecule has 2 aromatic rings. The highest BCUT2D eigenvalue weighted by molar-refractivity contribution is 5.40. The molecule has 2 N–H and O–H groups in total. The Labute approximate surface area is 195 Å². The van der Waals surface area contributed by atoms with Crippen molar-refractivity contribution in [2.45, 2.75) is 25.0 Å². The maximum atomic E-state index is 12.9. The van der Waals surface area contributed by atoms with Gasteiger partial charge in [-0.1, -0.05) is 0 Å². The lowest BCUT2D eigenvalue weighted by molar-refractivity contribution is -0.140. The second-order valence-electron chi connectivity index (χ2n) is 7.59. The standard InChI is InChI=1S/C20H23F6N5O4/c21-19(22,23)13-1-2-15(27-11-13)30-4-6-31(7-5-30)16(32)3-8-34-9-10-35-14-12-28-29-18(33)17(14)20(24,25)26/h1-2,11-12,16,32H,3-10H2,(H,29,33). The van der Waals surface area contributed by atoms with E-state index in [-0.39, 0.29) is 26.2 Å². The van der Waals surface area contributed by atoms with Crippen molar-refractivity contribution in [3.63, 3.8) is 0 Å². The van der Waals surface area contributed by atoms with Gasteiger partial charge in [0.05, 0.1) is 25.0 Å². The molecule has 1 saturated heterocycles. The van der Waals surface area contributed by atoms with Crippen LogP contribution >= 0.6 is 0 Å². The molecule has 1 atom stereocenters. The monoisotopic (exact) mass is 511 g/mol. The summed E-state index contributed by atoms with van der Waals surface area (Å²) in [6.07, 6.45) is -8.43. The number of ether oxygens (including phenoxy) is 2. The van der Waals surface area contributed by atoms with E-state index in [1.54, 1.807) is 10.00 Å². The summed E-state index contributed by atoms with van der Waals surface area (Å²) in [6, 6.07) is 2.28. The predicted molar refractivity (Wildman–Crippen MR) is 110 cm³/mol. The van der Waals surface area contributed by atoms with Gasteiger partial charge in [-0.15, -0.1) is 0 Å². The highest BCUT2D eigenvalue weighted by Crippen LogP contribution is 2.32. The number of anilines is 1. The molecule has 35 heavy (non-hydrogen) atoms. The summed E-state index contributed by atoms with van der Waals surface area (Å²) >= 11 is 0. The van der Waals surface area contributed by atoms with Crippen molar-refractivity contribution in [3.05, 3.63) is 46.0 Å². The van der Waals surface area contributed by atoms with Gasteiger partial charge in [-0.25, -0.2) is 10.1 Å². The number of nitrogens with one attached hydrogen (secondary N) is 1. The zero-order valence-corrected chi connectivity index (χ0v) is 18.3. The molecule has 0 bridgehead atoms. The molecule has 3 rings (SSSR count). The van der Waals surface area contributed by atoms with E-state index >= 15 is 0 Å². The third kappa shape index (κ3) is 7.29. The zero-order chi connectivity index (χ0) is 25.6. The van der Waals surface area contributed by atoms with Gasteiger partial charge in [0.15, 0.2) is 11.3 Å². The Morgan fingerprint density at radius 1 is 1.00 bits per heavy atom. The second kappa shape index (κ2) is 11.2. The van der Waals surface area contributed by atoms with Crippen LogP contribution in [0.3, 0.4) is 0 Å². The number of aliphatic hydroxyl groups excluding tert-OH is 1. The third-order valence-electron chi connectivity index (χ3n) is 5.25. The molecule has 0 radical (unpaired) electrons. The first-order valence-electron chi connectivity index (χ1n) is 10.5. The third-order valence-corrected chi connectivity index (χ3v) is 5.25. The fourth-order valence-corrected chi connectivity index (χ4v) is 3.43. The first kappa shape index (κ1) is 26.7. The van der Waals surface area contributed by atoms with Crippen molar-refractivity contribution >= 4 is 5.82 Å². The number of aliphatic hydroxyl groups is 1. The van der Waals surface area contributed by atoms with Gasteiger partial charge in [-0.3, -0.25) is 9.69 Å². The van der Waals surface area contributed by atoms with Gasteiger partial charge in [0, 0.05) is 38.8 Å². The van der Waals surface area contributed by atoms with Crippen LogP contribution in [0.15, 0.2) is 29.3 Å². The van der Waals surface area contributed by atoms with Gasteiger partial charge < -0.3 is 19.5 Å². The van der Waals surface area contributed by atoms with Gasteiger partial charge in [0.1, 0.15) is 18.7 Å². The lowest BCUT2D eigenvalue weighted by Crippen LogP contribution is -2.50. The number of pyridine rings is 1. The Balaban J connectivity index is 1.36. The van der Waals surface area contributed by atoms with E-state index < -0.39 is 41.0 Å². The van der Waals surface area contributed by atoms with Gasteiger partial charge in [-0.05, 0) is 12.1 Å². The summed E-state index contributed by atoms with van der Waals surface area (Å²) in [5, 5.41) is 15.3. The van der Waals surface area contributed by atoms with Crippen LogP contribution in [0, 0.1) is 0 Å². The van der Waals surface area contributed by atoms with E-state index in [1.807, 2.05) is 4.90 Å². The van der Waals surface area contributed by atoms with E-state index in [9.17, 15) is 36.2 Å². The second-order valence-corrected chi connectivity index (χ2v) is 7.59. The molecule has 1 unspecified atom stereocenters. The molecular formula is C20H23F6N5O4. The molecule has 0 amide bonds. The molecule has 0 aliphatic carbocycles. The largest absolute Gasteiger partial charge is 0.489 e. The first-order valence-corrected chi connectivity index (χ1v) is 10.5.